The van der Waals surface area contributed by atoms with Gasteiger partial charge >= 0.3 is 0 Å². The maximum absolute atomic E-state index is 8.43. The number of nitrogens with zero attached hydrogens (tertiary/aromatic N) is 2. The molecular formula is C13H22N2. The molecule has 2 nitrogen and oxygen atoms in total. The lowest BCUT2D eigenvalue weighted by Crippen LogP contribution is -1.81. The maximum atomic E-state index is 8.43. The number of nitriles is 1. The number of pyridine rings is 1. The third kappa shape index (κ3) is 8.96. The topological polar surface area (TPSA) is 36.7 Å². The van der Waals surface area contributed by atoms with Gasteiger partial charge in [-0.2, -0.15) is 5.26 Å². The lowest BCUT2D eigenvalue weighted by atomic mass is 10.2. The Morgan fingerprint density at radius 3 is 2.07 bits per heavy atom. The van der Waals surface area contributed by atoms with Crippen molar-refractivity contribution in [2.24, 2.45) is 0 Å². The summed E-state index contributed by atoms with van der Waals surface area (Å²) in [6.07, 6.45) is 5.88. The van der Waals surface area contributed by atoms with Gasteiger partial charge in [-0.25, -0.2) is 0 Å². The van der Waals surface area contributed by atoms with E-state index in [0.717, 1.165) is 5.56 Å². The van der Waals surface area contributed by atoms with E-state index in [4.69, 9.17) is 5.26 Å². The van der Waals surface area contributed by atoms with Crippen molar-refractivity contribution in [1.29, 1.82) is 5.26 Å². The highest BCUT2D eigenvalue weighted by molar-refractivity contribution is 5.32. The molecule has 2 heteroatoms. The Labute approximate surface area is 94.0 Å². The van der Waals surface area contributed by atoms with Gasteiger partial charge in [0.1, 0.15) is 6.07 Å². The Morgan fingerprint density at radius 1 is 1.27 bits per heavy atom. The molecule has 0 aliphatic carbocycles. The van der Waals surface area contributed by atoms with E-state index in [1.165, 1.54) is 12.8 Å². The number of aryl methyl sites for hydroxylation is 1. The van der Waals surface area contributed by atoms with Crippen molar-refractivity contribution >= 4 is 0 Å². The second-order valence-corrected chi connectivity index (χ2v) is 2.80. The Kier molecular flexibility index (Phi) is 13.6. The molecular weight excluding hydrogens is 184 g/mol. The standard InChI is InChI=1S/C7H6N2.C4H10.C2H6/c1-6-2-3-9-5-7(6)4-8;1-3-4-2;1-2/h2-3,5H,1H3;3-4H2,1-2H3;1-2H3. The molecule has 0 aromatic carbocycles. The van der Waals surface area contributed by atoms with Gasteiger partial charge in [0.2, 0.25) is 0 Å². The molecule has 0 N–H and O–H groups in total. The zero-order valence-corrected chi connectivity index (χ0v) is 10.5. The van der Waals surface area contributed by atoms with Crippen molar-refractivity contribution in [2.75, 3.05) is 0 Å². The van der Waals surface area contributed by atoms with Crippen molar-refractivity contribution in [1.82, 2.24) is 4.98 Å². The van der Waals surface area contributed by atoms with E-state index in [0.29, 0.717) is 5.56 Å². The Hall–Kier alpha value is -1.36. The molecule has 1 heterocycles. The normalized spacial score (nSPS) is 7.47. The van der Waals surface area contributed by atoms with Gasteiger partial charge in [-0.3, -0.25) is 4.98 Å². The molecule has 0 bridgehead atoms. The Balaban J connectivity index is 0. The van der Waals surface area contributed by atoms with Crippen molar-refractivity contribution in [3.05, 3.63) is 29.6 Å². The number of hydrogen-bond acceptors (Lipinski definition) is 2. The van der Waals surface area contributed by atoms with Crippen LogP contribution in [0.1, 0.15) is 51.7 Å². The molecule has 0 fully saturated rings. The van der Waals surface area contributed by atoms with E-state index in [1.54, 1.807) is 12.4 Å². The summed E-state index contributed by atoms with van der Waals surface area (Å²) in [4.78, 5) is 3.79. The summed E-state index contributed by atoms with van der Waals surface area (Å²) in [5, 5.41) is 8.43. The summed E-state index contributed by atoms with van der Waals surface area (Å²) in [5.41, 5.74) is 1.63. The first-order valence-electron chi connectivity index (χ1n) is 5.56. The third-order valence-electron chi connectivity index (χ3n) is 1.66. The molecule has 1 rings (SSSR count). The first kappa shape index (κ1) is 16.1. The van der Waals surface area contributed by atoms with Crippen LogP contribution in [0.15, 0.2) is 18.5 Å². The molecule has 1 aromatic rings. The lowest BCUT2D eigenvalue weighted by Gasteiger charge is -1.90. The van der Waals surface area contributed by atoms with Gasteiger partial charge in [-0.05, 0) is 18.6 Å². The average molecular weight is 206 g/mol. The fraction of sp³-hybridized carbons (Fsp3) is 0.538. The summed E-state index contributed by atoms with van der Waals surface area (Å²) in [6, 6.07) is 3.85. The molecule has 0 radical (unpaired) electrons. The number of rotatable bonds is 1. The summed E-state index contributed by atoms with van der Waals surface area (Å²) in [6.45, 7) is 10.3. The van der Waals surface area contributed by atoms with Crippen LogP contribution >= 0.6 is 0 Å². The van der Waals surface area contributed by atoms with Crippen LogP contribution in [0, 0.1) is 18.3 Å². The number of aromatic nitrogens is 1. The fourth-order valence-corrected chi connectivity index (χ4v) is 0.581. The second kappa shape index (κ2) is 12.6. The van der Waals surface area contributed by atoms with Crippen LogP contribution in [0.3, 0.4) is 0 Å². The van der Waals surface area contributed by atoms with Gasteiger partial charge in [0.25, 0.3) is 0 Å². The van der Waals surface area contributed by atoms with Crippen molar-refractivity contribution in [2.45, 2.75) is 47.5 Å². The van der Waals surface area contributed by atoms with Crippen molar-refractivity contribution < 1.29 is 0 Å². The Morgan fingerprint density at radius 2 is 1.80 bits per heavy atom. The van der Waals surface area contributed by atoms with Crippen LogP contribution in [0.5, 0.6) is 0 Å². The minimum absolute atomic E-state index is 0.650. The largest absolute Gasteiger partial charge is 0.263 e. The first-order valence-corrected chi connectivity index (χ1v) is 5.56. The quantitative estimate of drug-likeness (QED) is 0.693. The van der Waals surface area contributed by atoms with Gasteiger partial charge < -0.3 is 0 Å². The van der Waals surface area contributed by atoms with Gasteiger partial charge in [0, 0.05) is 12.4 Å². The minimum atomic E-state index is 0.650. The van der Waals surface area contributed by atoms with Crippen LogP contribution < -0.4 is 0 Å². The predicted molar refractivity (Wildman–Crippen MR) is 65.6 cm³/mol. The van der Waals surface area contributed by atoms with Gasteiger partial charge in [0.05, 0.1) is 5.56 Å². The van der Waals surface area contributed by atoms with E-state index < -0.39 is 0 Å². The van der Waals surface area contributed by atoms with E-state index in [1.807, 2.05) is 32.9 Å². The second-order valence-electron chi connectivity index (χ2n) is 2.80. The molecule has 0 unspecified atom stereocenters. The maximum Gasteiger partial charge on any atom is 0.101 e. The first-order chi connectivity index (χ1) is 7.26. The third-order valence-corrected chi connectivity index (χ3v) is 1.66. The molecule has 84 valence electrons. The summed E-state index contributed by atoms with van der Waals surface area (Å²) >= 11 is 0. The predicted octanol–water partition coefficient (Wildman–Crippen LogP) is 4.09. The van der Waals surface area contributed by atoms with E-state index in [2.05, 4.69) is 18.8 Å². The van der Waals surface area contributed by atoms with Gasteiger partial charge in [-0.15, -0.1) is 0 Å². The summed E-state index contributed by atoms with van der Waals surface area (Å²) in [7, 11) is 0. The van der Waals surface area contributed by atoms with Crippen LogP contribution in [0.2, 0.25) is 0 Å². The molecule has 0 aliphatic heterocycles. The molecule has 0 amide bonds. The van der Waals surface area contributed by atoms with E-state index in [9.17, 15) is 0 Å². The molecule has 0 spiro atoms. The summed E-state index contributed by atoms with van der Waals surface area (Å²) in [5.74, 6) is 0. The lowest BCUT2D eigenvalue weighted by molar-refractivity contribution is 0.886. The molecule has 1 aromatic heterocycles. The minimum Gasteiger partial charge on any atom is -0.263 e. The van der Waals surface area contributed by atoms with Gasteiger partial charge in [-0.1, -0.05) is 40.5 Å². The van der Waals surface area contributed by atoms with Crippen molar-refractivity contribution in [3.8, 4) is 6.07 Å². The zero-order valence-electron chi connectivity index (χ0n) is 10.5. The van der Waals surface area contributed by atoms with E-state index >= 15 is 0 Å². The SMILES string of the molecule is CC.CCCC.Cc1ccncc1C#N. The van der Waals surface area contributed by atoms with Crippen molar-refractivity contribution in [3.63, 3.8) is 0 Å². The average Bonchev–Trinajstić information content (AvgIpc) is 2.33. The smallest absolute Gasteiger partial charge is 0.101 e. The van der Waals surface area contributed by atoms with Crippen LogP contribution in [0.4, 0.5) is 0 Å². The molecule has 0 atom stereocenters. The molecule has 0 aliphatic rings. The highest BCUT2D eigenvalue weighted by Gasteiger charge is 1.91. The molecule has 0 saturated carbocycles. The number of unbranched alkanes of at least 4 members (excludes halogenated alkanes) is 1. The molecule has 15 heavy (non-hydrogen) atoms. The zero-order chi connectivity index (χ0) is 12.1. The monoisotopic (exact) mass is 206 g/mol. The van der Waals surface area contributed by atoms with Crippen LogP contribution in [-0.4, -0.2) is 4.98 Å². The fourth-order valence-electron chi connectivity index (χ4n) is 0.581. The van der Waals surface area contributed by atoms with Crippen LogP contribution in [-0.2, 0) is 0 Å². The van der Waals surface area contributed by atoms with Crippen LogP contribution in [0.25, 0.3) is 0 Å². The highest BCUT2D eigenvalue weighted by atomic mass is 14.6. The highest BCUT2D eigenvalue weighted by Crippen LogP contribution is 2.00. The molecule has 0 saturated heterocycles. The number of hydrogen-bond donors (Lipinski definition) is 0. The van der Waals surface area contributed by atoms with Gasteiger partial charge in [0.15, 0.2) is 0 Å². The van der Waals surface area contributed by atoms with E-state index in [-0.39, 0.29) is 0 Å². The summed E-state index contributed by atoms with van der Waals surface area (Å²) < 4.78 is 0. The Bertz CT molecular complexity index is 272.